The Morgan fingerprint density at radius 1 is 1.29 bits per heavy atom. The molecular formula is C9H9ClN4. The van der Waals surface area contributed by atoms with Crippen molar-refractivity contribution in [1.29, 1.82) is 0 Å². The predicted octanol–water partition coefficient (Wildman–Crippen LogP) is 1.62. The highest BCUT2D eigenvalue weighted by atomic mass is 35.5. The third-order valence-electron chi connectivity index (χ3n) is 1.91. The van der Waals surface area contributed by atoms with Crippen LogP contribution in [0.4, 0.5) is 0 Å². The molecule has 0 aliphatic heterocycles. The van der Waals surface area contributed by atoms with Crippen LogP contribution in [0.25, 0.3) is 11.5 Å². The lowest BCUT2D eigenvalue weighted by molar-refractivity contribution is 0.907. The van der Waals surface area contributed by atoms with Gasteiger partial charge in [0.15, 0.2) is 5.82 Å². The standard InChI is InChI=1S/C9H9ClN4/c1-14-6-11-5-8(14)9-12-3-7(2-10)4-13-9/h3-6H,2H2,1H3. The maximum atomic E-state index is 5.64. The topological polar surface area (TPSA) is 43.6 Å². The summed E-state index contributed by atoms with van der Waals surface area (Å²) >= 11 is 5.64. The third kappa shape index (κ3) is 1.61. The van der Waals surface area contributed by atoms with E-state index in [0.29, 0.717) is 11.7 Å². The van der Waals surface area contributed by atoms with Crippen LogP contribution >= 0.6 is 11.6 Å². The molecule has 0 saturated carbocycles. The van der Waals surface area contributed by atoms with E-state index in [1.165, 1.54) is 0 Å². The number of imidazole rings is 1. The molecule has 0 amide bonds. The van der Waals surface area contributed by atoms with E-state index < -0.39 is 0 Å². The molecule has 0 aliphatic carbocycles. The third-order valence-corrected chi connectivity index (χ3v) is 2.21. The van der Waals surface area contributed by atoms with Gasteiger partial charge in [-0.1, -0.05) is 0 Å². The van der Waals surface area contributed by atoms with Crippen LogP contribution in [-0.4, -0.2) is 19.5 Å². The first-order chi connectivity index (χ1) is 6.81. The number of nitrogens with zero attached hydrogens (tertiary/aromatic N) is 4. The summed E-state index contributed by atoms with van der Waals surface area (Å²) in [5, 5.41) is 0. The Morgan fingerprint density at radius 2 is 2.00 bits per heavy atom. The fraction of sp³-hybridized carbons (Fsp3) is 0.222. The van der Waals surface area contributed by atoms with Crippen LogP contribution in [0.5, 0.6) is 0 Å². The summed E-state index contributed by atoms with van der Waals surface area (Å²) in [6, 6.07) is 0. The highest BCUT2D eigenvalue weighted by Gasteiger charge is 2.04. The number of hydrogen-bond acceptors (Lipinski definition) is 3. The van der Waals surface area contributed by atoms with Crippen molar-refractivity contribution in [3.63, 3.8) is 0 Å². The Bertz CT molecular complexity index is 421. The van der Waals surface area contributed by atoms with Crippen molar-refractivity contribution in [3.05, 3.63) is 30.5 Å². The van der Waals surface area contributed by atoms with Crippen LogP contribution in [0.15, 0.2) is 24.9 Å². The van der Waals surface area contributed by atoms with Crippen molar-refractivity contribution in [2.75, 3.05) is 0 Å². The van der Waals surface area contributed by atoms with Crippen molar-refractivity contribution >= 4 is 11.6 Å². The van der Waals surface area contributed by atoms with Crippen LogP contribution in [-0.2, 0) is 12.9 Å². The van der Waals surface area contributed by atoms with Crippen molar-refractivity contribution in [2.24, 2.45) is 7.05 Å². The van der Waals surface area contributed by atoms with Gasteiger partial charge in [-0.3, -0.25) is 0 Å². The fourth-order valence-electron chi connectivity index (χ4n) is 1.13. The van der Waals surface area contributed by atoms with Gasteiger partial charge < -0.3 is 4.57 Å². The van der Waals surface area contributed by atoms with Crippen LogP contribution in [0.1, 0.15) is 5.56 Å². The van der Waals surface area contributed by atoms with Gasteiger partial charge in [-0.05, 0) is 0 Å². The van der Waals surface area contributed by atoms with Gasteiger partial charge in [0.05, 0.1) is 18.4 Å². The second kappa shape index (κ2) is 3.75. The molecular weight excluding hydrogens is 200 g/mol. The first-order valence-electron chi connectivity index (χ1n) is 4.15. The van der Waals surface area contributed by atoms with Crippen LogP contribution in [0.2, 0.25) is 0 Å². The normalized spacial score (nSPS) is 10.4. The van der Waals surface area contributed by atoms with Crippen molar-refractivity contribution in [2.45, 2.75) is 5.88 Å². The lowest BCUT2D eigenvalue weighted by atomic mass is 10.3. The molecule has 0 unspecified atom stereocenters. The average molecular weight is 209 g/mol. The van der Waals surface area contributed by atoms with Crippen molar-refractivity contribution in [1.82, 2.24) is 19.5 Å². The van der Waals surface area contributed by atoms with E-state index in [4.69, 9.17) is 11.6 Å². The summed E-state index contributed by atoms with van der Waals surface area (Å²) in [6.45, 7) is 0. The van der Waals surface area contributed by atoms with E-state index >= 15 is 0 Å². The minimum Gasteiger partial charge on any atom is -0.331 e. The summed E-state index contributed by atoms with van der Waals surface area (Å²) in [4.78, 5) is 12.4. The molecule has 14 heavy (non-hydrogen) atoms. The second-order valence-corrected chi connectivity index (χ2v) is 3.21. The Morgan fingerprint density at radius 3 is 2.50 bits per heavy atom. The highest BCUT2D eigenvalue weighted by Crippen LogP contribution is 2.12. The summed E-state index contributed by atoms with van der Waals surface area (Å²) < 4.78 is 1.87. The van der Waals surface area contributed by atoms with Gasteiger partial charge in [0.1, 0.15) is 5.69 Å². The average Bonchev–Trinajstić information content (AvgIpc) is 2.65. The minimum atomic E-state index is 0.436. The number of alkyl halides is 1. The summed E-state index contributed by atoms with van der Waals surface area (Å²) in [5.41, 5.74) is 1.81. The largest absolute Gasteiger partial charge is 0.331 e. The molecule has 5 heteroatoms. The van der Waals surface area contributed by atoms with Crippen molar-refractivity contribution in [3.8, 4) is 11.5 Å². The summed E-state index contributed by atoms with van der Waals surface area (Å²) in [7, 11) is 1.90. The van der Waals surface area contributed by atoms with E-state index in [-0.39, 0.29) is 0 Å². The zero-order chi connectivity index (χ0) is 9.97. The molecule has 2 rings (SSSR count). The Labute approximate surface area is 86.6 Å². The van der Waals surface area contributed by atoms with Crippen LogP contribution in [0.3, 0.4) is 0 Å². The Kier molecular flexibility index (Phi) is 2.45. The number of aryl methyl sites for hydroxylation is 1. The van der Waals surface area contributed by atoms with Gasteiger partial charge >= 0.3 is 0 Å². The predicted molar refractivity (Wildman–Crippen MR) is 53.8 cm³/mol. The molecule has 0 aromatic carbocycles. The van der Waals surface area contributed by atoms with Gasteiger partial charge in [-0.15, -0.1) is 11.6 Å². The van der Waals surface area contributed by atoms with Gasteiger partial charge in [0, 0.05) is 25.0 Å². The first kappa shape index (κ1) is 9.15. The molecule has 0 bridgehead atoms. The van der Waals surface area contributed by atoms with E-state index in [9.17, 15) is 0 Å². The zero-order valence-corrected chi connectivity index (χ0v) is 8.44. The molecule has 2 aromatic rings. The molecule has 2 heterocycles. The van der Waals surface area contributed by atoms with Gasteiger partial charge in [0.2, 0.25) is 0 Å². The van der Waals surface area contributed by atoms with Gasteiger partial charge in [-0.25, -0.2) is 15.0 Å². The van der Waals surface area contributed by atoms with Gasteiger partial charge in [0.25, 0.3) is 0 Å². The number of rotatable bonds is 2. The highest BCUT2D eigenvalue weighted by molar-refractivity contribution is 6.17. The Balaban J connectivity index is 2.39. The van der Waals surface area contributed by atoms with E-state index in [2.05, 4.69) is 15.0 Å². The maximum absolute atomic E-state index is 5.64. The zero-order valence-electron chi connectivity index (χ0n) is 7.68. The van der Waals surface area contributed by atoms with E-state index in [1.54, 1.807) is 24.9 Å². The molecule has 0 fully saturated rings. The first-order valence-corrected chi connectivity index (χ1v) is 4.68. The number of halogens is 1. The second-order valence-electron chi connectivity index (χ2n) is 2.94. The monoisotopic (exact) mass is 208 g/mol. The number of aromatic nitrogens is 4. The van der Waals surface area contributed by atoms with Crippen molar-refractivity contribution < 1.29 is 0 Å². The van der Waals surface area contributed by atoms with Crippen LogP contribution in [0, 0.1) is 0 Å². The molecule has 2 aromatic heterocycles. The molecule has 0 saturated heterocycles. The number of hydrogen-bond donors (Lipinski definition) is 0. The SMILES string of the molecule is Cn1cncc1-c1ncc(CCl)cn1. The minimum absolute atomic E-state index is 0.436. The lowest BCUT2D eigenvalue weighted by Gasteiger charge is -2.00. The maximum Gasteiger partial charge on any atom is 0.177 e. The molecule has 4 nitrogen and oxygen atoms in total. The molecule has 0 atom stereocenters. The molecule has 0 N–H and O–H groups in total. The fourth-order valence-corrected chi connectivity index (χ4v) is 1.27. The van der Waals surface area contributed by atoms with E-state index in [0.717, 1.165) is 11.3 Å². The molecule has 72 valence electrons. The summed E-state index contributed by atoms with van der Waals surface area (Å²) in [5.74, 6) is 1.10. The Hall–Kier alpha value is -1.42. The molecule has 0 spiro atoms. The molecule has 0 aliphatic rings. The van der Waals surface area contributed by atoms with Gasteiger partial charge in [-0.2, -0.15) is 0 Å². The molecule has 0 radical (unpaired) electrons. The lowest BCUT2D eigenvalue weighted by Crippen LogP contribution is -1.95. The van der Waals surface area contributed by atoms with Crippen LogP contribution < -0.4 is 0 Å². The quantitative estimate of drug-likeness (QED) is 0.705. The smallest absolute Gasteiger partial charge is 0.177 e. The summed E-state index contributed by atoms with van der Waals surface area (Å²) in [6.07, 6.45) is 6.90. The van der Waals surface area contributed by atoms with E-state index in [1.807, 2.05) is 11.6 Å².